The van der Waals surface area contributed by atoms with E-state index in [1.54, 1.807) is 6.07 Å². The van der Waals surface area contributed by atoms with Gasteiger partial charge < -0.3 is 19.5 Å². The van der Waals surface area contributed by atoms with Crippen LogP contribution >= 0.6 is 0 Å². The van der Waals surface area contributed by atoms with Crippen LogP contribution < -0.4 is 19.5 Å². The van der Waals surface area contributed by atoms with Gasteiger partial charge in [-0.2, -0.15) is 0 Å². The van der Waals surface area contributed by atoms with Gasteiger partial charge in [-0.1, -0.05) is 30.3 Å². The second-order valence-corrected chi connectivity index (χ2v) is 6.17. The van der Waals surface area contributed by atoms with Crippen LogP contribution in [0.4, 0.5) is 0 Å². The van der Waals surface area contributed by atoms with Crippen molar-refractivity contribution in [2.24, 2.45) is 0 Å². The Kier molecular flexibility index (Phi) is 5.12. The summed E-state index contributed by atoms with van der Waals surface area (Å²) in [7, 11) is 0. The number of carbonyl (C=O) groups excluding carboxylic acids is 1. The lowest BCUT2D eigenvalue weighted by Crippen LogP contribution is -2.49. The molecule has 0 aliphatic carbocycles. The SMILES string of the molecule is Cc1cccc(C)c1OCCNC(=O)C1Oc2ccccc2OC1C. The number of rotatable bonds is 5. The van der Waals surface area contributed by atoms with Crippen LogP contribution in [0.1, 0.15) is 18.1 Å². The van der Waals surface area contributed by atoms with E-state index in [1.807, 2.05) is 57.2 Å². The van der Waals surface area contributed by atoms with Crippen LogP contribution in [0.25, 0.3) is 0 Å². The summed E-state index contributed by atoms with van der Waals surface area (Å²) < 4.78 is 17.3. The quantitative estimate of drug-likeness (QED) is 0.850. The number of aryl methyl sites for hydroxylation is 2. The summed E-state index contributed by atoms with van der Waals surface area (Å²) in [6.45, 7) is 6.64. The van der Waals surface area contributed by atoms with Crippen LogP contribution in [0, 0.1) is 13.8 Å². The normalized spacial score (nSPS) is 18.5. The number of benzene rings is 2. The van der Waals surface area contributed by atoms with E-state index in [4.69, 9.17) is 14.2 Å². The van der Waals surface area contributed by atoms with E-state index in [9.17, 15) is 4.79 Å². The van der Waals surface area contributed by atoms with Gasteiger partial charge in [0.15, 0.2) is 11.5 Å². The van der Waals surface area contributed by atoms with E-state index < -0.39 is 6.10 Å². The van der Waals surface area contributed by atoms with Gasteiger partial charge in [-0.25, -0.2) is 0 Å². The molecule has 25 heavy (non-hydrogen) atoms. The van der Waals surface area contributed by atoms with Crippen molar-refractivity contribution in [3.63, 3.8) is 0 Å². The first-order valence-electron chi connectivity index (χ1n) is 8.45. The van der Waals surface area contributed by atoms with Gasteiger partial charge in [-0.05, 0) is 44.0 Å². The van der Waals surface area contributed by atoms with E-state index in [-0.39, 0.29) is 12.0 Å². The molecular weight excluding hydrogens is 318 g/mol. The predicted octanol–water partition coefficient (Wildman–Crippen LogP) is 3.03. The minimum absolute atomic E-state index is 0.202. The molecule has 2 unspecified atom stereocenters. The summed E-state index contributed by atoms with van der Waals surface area (Å²) in [5, 5.41) is 2.85. The summed E-state index contributed by atoms with van der Waals surface area (Å²) in [6, 6.07) is 13.4. The largest absolute Gasteiger partial charge is 0.491 e. The number of fused-ring (bicyclic) bond motifs is 1. The Hall–Kier alpha value is -2.69. The lowest BCUT2D eigenvalue weighted by molar-refractivity contribution is -0.133. The third kappa shape index (κ3) is 3.87. The maximum atomic E-state index is 12.4. The Bertz CT molecular complexity index is 739. The van der Waals surface area contributed by atoms with Crippen molar-refractivity contribution in [2.45, 2.75) is 33.0 Å². The van der Waals surface area contributed by atoms with Crippen molar-refractivity contribution in [2.75, 3.05) is 13.2 Å². The number of amides is 1. The fourth-order valence-corrected chi connectivity index (χ4v) is 2.86. The lowest BCUT2D eigenvalue weighted by atomic mass is 10.1. The van der Waals surface area contributed by atoms with E-state index in [2.05, 4.69) is 5.32 Å². The van der Waals surface area contributed by atoms with Crippen LogP contribution in [0.3, 0.4) is 0 Å². The van der Waals surface area contributed by atoms with Crippen LogP contribution in [0.15, 0.2) is 42.5 Å². The average Bonchev–Trinajstić information content (AvgIpc) is 2.60. The number of para-hydroxylation sites is 3. The summed E-state index contributed by atoms with van der Waals surface area (Å²) in [5.41, 5.74) is 2.17. The molecule has 1 amide bonds. The Labute approximate surface area is 147 Å². The van der Waals surface area contributed by atoms with Gasteiger partial charge in [-0.15, -0.1) is 0 Å². The highest BCUT2D eigenvalue weighted by Crippen LogP contribution is 2.33. The molecule has 2 aromatic carbocycles. The Morgan fingerprint density at radius 3 is 2.36 bits per heavy atom. The average molecular weight is 341 g/mol. The Morgan fingerprint density at radius 2 is 1.68 bits per heavy atom. The van der Waals surface area contributed by atoms with Gasteiger partial charge >= 0.3 is 0 Å². The molecule has 1 N–H and O–H groups in total. The van der Waals surface area contributed by atoms with Crippen molar-refractivity contribution in [3.8, 4) is 17.2 Å². The highest BCUT2D eigenvalue weighted by molar-refractivity contribution is 5.82. The topological polar surface area (TPSA) is 56.8 Å². The summed E-state index contributed by atoms with van der Waals surface area (Å²) in [4.78, 5) is 12.4. The Morgan fingerprint density at radius 1 is 1.04 bits per heavy atom. The van der Waals surface area contributed by atoms with Gasteiger partial charge in [0.25, 0.3) is 5.91 Å². The molecule has 0 spiro atoms. The molecule has 0 fully saturated rings. The van der Waals surface area contributed by atoms with Crippen LogP contribution in [0.5, 0.6) is 17.2 Å². The van der Waals surface area contributed by atoms with Crippen molar-refractivity contribution in [3.05, 3.63) is 53.6 Å². The third-order valence-corrected chi connectivity index (χ3v) is 4.16. The number of carbonyl (C=O) groups is 1. The number of hydrogen-bond donors (Lipinski definition) is 1. The minimum Gasteiger partial charge on any atom is -0.491 e. The first-order chi connectivity index (χ1) is 12.1. The molecule has 0 radical (unpaired) electrons. The summed E-state index contributed by atoms with van der Waals surface area (Å²) in [6.07, 6.45) is -1.02. The van der Waals surface area contributed by atoms with Gasteiger partial charge in [0, 0.05) is 0 Å². The standard InChI is InChI=1S/C20H23NO4/c1-13-7-6-8-14(2)18(13)23-12-11-21-20(22)19-15(3)24-16-9-4-5-10-17(16)25-19/h4-10,15,19H,11-12H2,1-3H3,(H,21,22). The maximum absolute atomic E-state index is 12.4. The van der Waals surface area contributed by atoms with Crippen molar-refractivity contribution in [1.82, 2.24) is 5.32 Å². The van der Waals surface area contributed by atoms with Crippen LogP contribution in [0.2, 0.25) is 0 Å². The minimum atomic E-state index is -0.671. The molecule has 0 saturated heterocycles. The van der Waals surface area contributed by atoms with Gasteiger partial charge in [0.05, 0.1) is 6.54 Å². The second-order valence-electron chi connectivity index (χ2n) is 6.17. The first-order valence-corrected chi connectivity index (χ1v) is 8.45. The van der Waals surface area contributed by atoms with Crippen LogP contribution in [-0.4, -0.2) is 31.3 Å². The molecule has 2 atom stereocenters. The molecule has 132 valence electrons. The zero-order valence-electron chi connectivity index (χ0n) is 14.7. The van der Waals surface area contributed by atoms with E-state index in [1.165, 1.54) is 0 Å². The molecule has 0 aromatic heterocycles. The molecule has 3 rings (SSSR count). The zero-order valence-corrected chi connectivity index (χ0v) is 14.7. The fourth-order valence-electron chi connectivity index (χ4n) is 2.86. The fraction of sp³-hybridized carbons (Fsp3) is 0.350. The smallest absolute Gasteiger partial charge is 0.265 e. The third-order valence-electron chi connectivity index (χ3n) is 4.16. The molecular formula is C20H23NO4. The van der Waals surface area contributed by atoms with Crippen molar-refractivity contribution in [1.29, 1.82) is 0 Å². The molecule has 5 heteroatoms. The molecule has 1 aliphatic heterocycles. The van der Waals surface area contributed by atoms with Gasteiger partial charge in [0.2, 0.25) is 6.10 Å². The van der Waals surface area contributed by atoms with E-state index in [0.29, 0.717) is 24.7 Å². The summed E-state index contributed by atoms with van der Waals surface area (Å²) in [5.74, 6) is 1.92. The number of nitrogens with one attached hydrogen (secondary N) is 1. The molecule has 1 aliphatic rings. The monoisotopic (exact) mass is 341 g/mol. The number of hydrogen-bond acceptors (Lipinski definition) is 4. The van der Waals surface area contributed by atoms with Crippen molar-refractivity contribution >= 4 is 5.91 Å². The number of ether oxygens (including phenoxy) is 3. The maximum Gasteiger partial charge on any atom is 0.265 e. The lowest BCUT2D eigenvalue weighted by Gasteiger charge is -2.31. The molecule has 5 nitrogen and oxygen atoms in total. The predicted molar refractivity (Wildman–Crippen MR) is 95.4 cm³/mol. The van der Waals surface area contributed by atoms with Gasteiger partial charge in [-0.3, -0.25) is 4.79 Å². The molecule has 0 bridgehead atoms. The van der Waals surface area contributed by atoms with E-state index in [0.717, 1.165) is 16.9 Å². The van der Waals surface area contributed by atoms with Crippen LogP contribution in [-0.2, 0) is 4.79 Å². The summed E-state index contributed by atoms with van der Waals surface area (Å²) >= 11 is 0. The van der Waals surface area contributed by atoms with E-state index >= 15 is 0 Å². The highest BCUT2D eigenvalue weighted by atomic mass is 16.6. The first kappa shape index (κ1) is 17.1. The highest BCUT2D eigenvalue weighted by Gasteiger charge is 2.33. The molecule has 2 aromatic rings. The van der Waals surface area contributed by atoms with Crippen molar-refractivity contribution < 1.29 is 19.0 Å². The zero-order chi connectivity index (χ0) is 17.8. The van der Waals surface area contributed by atoms with Gasteiger partial charge in [0.1, 0.15) is 18.5 Å². The molecule has 0 saturated carbocycles. The Balaban J connectivity index is 1.51. The second kappa shape index (κ2) is 7.47. The molecule has 1 heterocycles.